The van der Waals surface area contributed by atoms with E-state index >= 15 is 0 Å². The number of hydrogen-bond donors (Lipinski definition) is 1. The molecule has 142 valence electrons. The van der Waals surface area contributed by atoms with Crippen LogP contribution >= 0.6 is 0 Å². The summed E-state index contributed by atoms with van der Waals surface area (Å²) in [6.07, 6.45) is -0.483. The Morgan fingerprint density at radius 2 is 1.70 bits per heavy atom. The fraction of sp³-hybridized carbons (Fsp3) is 0.250. The molecule has 0 saturated carbocycles. The number of halogens is 1. The second-order valence-corrected chi connectivity index (χ2v) is 6.01. The molecular formula is C20H20FNO5. The van der Waals surface area contributed by atoms with Gasteiger partial charge in [0.15, 0.2) is 6.61 Å². The Balaban J connectivity index is 1.81. The van der Waals surface area contributed by atoms with E-state index in [9.17, 15) is 18.8 Å². The van der Waals surface area contributed by atoms with Gasteiger partial charge in [0, 0.05) is 5.69 Å². The molecule has 6 nitrogen and oxygen atoms in total. The molecule has 0 aliphatic heterocycles. The average Bonchev–Trinajstić information content (AvgIpc) is 2.62. The van der Waals surface area contributed by atoms with Crippen LogP contribution in [0.1, 0.15) is 29.8 Å². The molecule has 1 N–H and O–H groups in total. The van der Waals surface area contributed by atoms with E-state index in [-0.39, 0.29) is 18.1 Å². The smallest absolute Gasteiger partial charge is 0.338 e. The highest BCUT2D eigenvalue weighted by molar-refractivity contribution is 5.94. The predicted molar refractivity (Wildman–Crippen MR) is 96.7 cm³/mol. The summed E-state index contributed by atoms with van der Waals surface area (Å²) in [5, 5.41) is 2.54. The van der Waals surface area contributed by atoms with Crippen LogP contribution in [0.25, 0.3) is 0 Å². The zero-order valence-corrected chi connectivity index (χ0v) is 15.0. The molecule has 27 heavy (non-hydrogen) atoms. The minimum absolute atomic E-state index is 0.201. The van der Waals surface area contributed by atoms with Gasteiger partial charge in [-0.05, 0) is 49.7 Å². The fourth-order valence-electron chi connectivity index (χ4n) is 2.16. The normalized spacial score (nSPS) is 10.4. The summed E-state index contributed by atoms with van der Waals surface area (Å²) in [6.45, 7) is 3.00. The van der Waals surface area contributed by atoms with Crippen LogP contribution in [0, 0.1) is 5.82 Å². The Morgan fingerprint density at radius 3 is 2.33 bits per heavy atom. The maximum atomic E-state index is 13.5. The van der Waals surface area contributed by atoms with Gasteiger partial charge in [-0.1, -0.05) is 18.2 Å². The van der Waals surface area contributed by atoms with Crippen molar-refractivity contribution < 1.29 is 28.2 Å². The summed E-state index contributed by atoms with van der Waals surface area (Å²) in [6, 6.07) is 12.0. The standard InChI is InChI=1S/C20H20FNO5/c1-13(2)27-20(25)14-7-9-16(10-8-14)22-18(23)12-26-19(24)11-15-5-3-4-6-17(15)21/h3-10,13H,11-12H2,1-2H3,(H,22,23). The van der Waals surface area contributed by atoms with Gasteiger partial charge in [-0.3, -0.25) is 9.59 Å². The Bertz CT molecular complexity index is 817. The predicted octanol–water partition coefficient (Wildman–Crippen LogP) is 3.12. The Hall–Kier alpha value is -3.22. The maximum Gasteiger partial charge on any atom is 0.338 e. The average molecular weight is 373 g/mol. The van der Waals surface area contributed by atoms with Crippen molar-refractivity contribution in [1.29, 1.82) is 0 Å². The van der Waals surface area contributed by atoms with Crippen LogP contribution < -0.4 is 5.32 Å². The molecule has 2 aromatic carbocycles. The van der Waals surface area contributed by atoms with Gasteiger partial charge in [-0.25, -0.2) is 9.18 Å². The number of nitrogens with one attached hydrogen (secondary N) is 1. The van der Waals surface area contributed by atoms with Gasteiger partial charge >= 0.3 is 11.9 Å². The lowest BCUT2D eigenvalue weighted by Gasteiger charge is -2.09. The summed E-state index contributed by atoms with van der Waals surface area (Å²) in [5.41, 5.74) is 0.996. The quantitative estimate of drug-likeness (QED) is 0.754. The van der Waals surface area contributed by atoms with Crippen molar-refractivity contribution in [3.8, 4) is 0 Å². The van der Waals surface area contributed by atoms with Gasteiger partial charge < -0.3 is 14.8 Å². The molecule has 0 unspecified atom stereocenters. The lowest BCUT2D eigenvalue weighted by molar-refractivity contribution is -0.146. The second kappa shape index (κ2) is 9.47. The molecule has 7 heteroatoms. The van der Waals surface area contributed by atoms with Crippen LogP contribution in [0.3, 0.4) is 0 Å². The van der Waals surface area contributed by atoms with Crippen molar-refractivity contribution in [2.24, 2.45) is 0 Å². The molecule has 0 heterocycles. The zero-order chi connectivity index (χ0) is 19.8. The molecule has 1 amide bonds. The molecule has 0 radical (unpaired) electrons. The number of carbonyl (C=O) groups is 3. The van der Waals surface area contributed by atoms with E-state index in [1.165, 1.54) is 42.5 Å². The summed E-state index contributed by atoms with van der Waals surface area (Å²) in [4.78, 5) is 35.3. The molecule has 0 atom stereocenters. The third-order valence-corrected chi connectivity index (χ3v) is 3.40. The van der Waals surface area contributed by atoms with E-state index in [0.717, 1.165) is 0 Å². The molecular weight excluding hydrogens is 353 g/mol. The van der Waals surface area contributed by atoms with Crippen molar-refractivity contribution in [2.75, 3.05) is 11.9 Å². The summed E-state index contributed by atoms with van der Waals surface area (Å²) >= 11 is 0. The topological polar surface area (TPSA) is 81.7 Å². The molecule has 2 rings (SSSR count). The van der Waals surface area contributed by atoms with Crippen molar-refractivity contribution >= 4 is 23.5 Å². The molecule has 0 fully saturated rings. The zero-order valence-electron chi connectivity index (χ0n) is 15.0. The molecule has 0 aliphatic carbocycles. The largest absolute Gasteiger partial charge is 0.459 e. The monoisotopic (exact) mass is 373 g/mol. The highest BCUT2D eigenvalue weighted by Gasteiger charge is 2.12. The number of amides is 1. The molecule has 0 aliphatic rings. The van der Waals surface area contributed by atoms with Gasteiger partial charge in [0.05, 0.1) is 18.1 Å². The van der Waals surface area contributed by atoms with E-state index < -0.39 is 30.3 Å². The van der Waals surface area contributed by atoms with Crippen LogP contribution in [-0.4, -0.2) is 30.6 Å². The lowest BCUT2D eigenvalue weighted by atomic mass is 10.1. The third-order valence-electron chi connectivity index (χ3n) is 3.40. The number of benzene rings is 2. The first kappa shape index (κ1) is 20.1. The third kappa shape index (κ3) is 6.54. The molecule has 0 bridgehead atoms. The van der Waals surface area contributed by atoms with Gasteiger partial charge in [0.2, 0.25) is 0 Å². The van der Waals surface area contributed by atoms with Crippen molar-refractivity contribution in [3.05, 3.63) is 65.5 Å². The van der Waals surface area contributed by atoms with Crippen LogP contribution in [0.4, 0.5) is 10.1 Å². The van der Waals surface area contributed by atoms with E-state index in [0.29, 0.717) is 11.3 Å². The first-order valence-corrected chi connectivity index (χ1v) is 8.35. The number of anilines is 1. The summed E-state index contributed by atoms with van der Waals surface area (Å²) in [7, 11) is 0. The minimum atomic E-state index is -0.706. The Morgan fingerprint density at radius 1 is 1.04 bits per heavy atom. The fourth-order valence-corrected chi connectivity index (χ4v) is 2.16. The van der Waals surface area contributed by atoms with Gasteiger partial charge in [-0.15, -0.1) is 0 Å². The highest BCUT2D eigenvalue weighted by atomic mass is 19.1. The van der Waals surface area contributed by atoms with Crippen LogP contribution in [0.15, 0.2) is 48.5 Å². The number of ether oxygens (including phenoxy) is 2. The molecule has 2 aromatic rings. The Kier molecular flexibility index (Phi) is 7.05. The van der Waals surface area contributed by atoms with Crippen molar-refractivity contribution in [1.82, 2.24) is 0 Å². The van der Waals surface area contributed by atoms with Crippen LogP contribution in [0.2, 0.25) is 0 Å². The molecule has 0 saturated heterocycles. The first-order chi connectivity index (χ1) is 12.8. The second-order valence-electron chi connectivity index (χ2n) is 6.01. The summed E-state index contributed by atoms with van der Waals surface area (Å²) < 4.78 is 23.4. The van der Waals surface area contributed by atoms with E-state index in [1.54, 1.807) is 19.9 Å². The molecule has 0 aromatic heterocycles. The lowest BCUT2D eigenvalue weighted by Crippen LogP contribution is -2.22. The van der Waals surface area contributed by atoms with Gasteiger partial charge in [0.25, 0.3) is 5.91 Å². The Labute approximate surface area is 156 Å². The number of hydrogen-bond acceptors (Lipinski definition) is 5. The SMILES string of the molecule is CC(C)OC(=O)c1ccc(NC(=O)COC(=O)Cc2ccccc2F)cc1. The maximum absolute atomic E-state index is 13.5. The summed E-state index contributed by atoms with van der Waals surface area (Å²) in [5.74, 6) is -2.21. The van der Waals surface area contributed by atoms with E-state index in [4.69, 9.17) is 9.47 Å². The van der Waals surface area contributed by atoms with E-state index in [1.807, 2.05) is 0 Å². The van der Waals surface area contributed by atoms with Crippen LogP contribution in [-0.2, 0) is 25.5 Å². The number of rotatable bonds is 7. The van der Waals surface area contributed by atoms with Gasteiger partial charge in [-0.2, -0.15) is 0 Å². The number of esters is 2. The van der Waals surface area contributed by atoms with E-state index in [2.05, 4.69) is 5.32 Å². The minimum Gasteiger partial charge on any atom is -0.459 e. The number of carbonyl (C=O) groups excluding carboxylic acids is 3. The first-order valence-electron chi connectivity index (χ1n) is 8.35. The van der Waals surface area contributed by atoms with Crippen LogP contribution in [0.5, 0.6) is 0 Å². The van der Waals surface area contributed by atoms with Crippen molar-refractivity contribution in [3.63, 3.8) is 0 Å². The molecule has 0 spiro atoms. The van der Waals surface area contributed by atoms with Crippen molar-refractivity contribution in [2.45, 2.75) is 26.4 Å². The van der Waals surface area contributed by atoms with Gasteiger partial charge in [0.1, 0.15) is 5.82 Å². The highest BCUT2D eigenvalue weighted by Crippen LogP contribution is 2.12.